The molecule has 6 rings (SSSR count). The molecule has 3 aliphatic heterocycles. The second kappa shape index (κ2) is 25.3. The largest absolute Gasteiger partial charge is 0.315 e. The molecule has 0 fully saturated rings. The van der Waals surface area contributed by atoms with E-state index in [1.807, 2.05) is 0 Å². The normalized spacial score (nSPS) is 22.8. The molecule has 3 aliphatic rings. The third kappa shape index (κ3) is 16.9. The Morgan fingerprint density at radius 3 is 0.808 bits per heavy atom. The van der Waals surface area contributed by atoms with Crippen LogP contribution < -0.4 is 42.5 Å². The summed E-state index contributed by atoms with van der Waals surface area (Å²) in [5.41, 5.74) is 8.14. The summed E-state index contributed by atoms with van der Waals surface area (Å²) in [6.45, 7) is 21.7. The van der Waals surface area contributed by atoms with Crippen molar-refractivity contribution >= 4 is 0 Å². The summed E-state index contributed by atoms with van der Waals surface area (Å²) in [6, 6.07) is 27.1. The van der Waals surface area contributed by atoms with E-state index in [9.17, 15) is 0 Å². The van der Waals surface area contributed by atoms with Gasteiger partial charge >= 0.3 is 0 Å². The van der Waals surface area contributed by atoms with E-state index >= 15 is 0 Å². The Hall–Kier alpha value is -2.74. The van der Waals surface area contributed by atoms with E-state index in [-0.39, 0.29) is 0 Å². The standard InChI is InChI=1S/C42H68N10/c1-6-37-28-38(7-1)32-46-15-5-13-44-17-23-52-25-19-48-34-40-9-2-8-39(29-40)33-47-18-24-51(22-16-43-12-4-14-45-31-37)26-20-49-35-41-10-3-11-42(30-41)36-50-21-27-52/h1-3,6-11,28-30,43-50H,4-5,12-27,31-36H2. The first-order chi connectivity index (χ1) is 25.8. The van der Waals surface area contributed by atoms with Crippen LogP contribution in [0.1, 0.15) is 46.2 Å². The van der Waals surface area contributed by atoms with Gasteiger partial charge in [-0.15, -0.1) is 0 Å². The van der Waals surface area contributed by atoms with Gasteiger partial charge in [0.1, 0.15) is 0 Å². The lowest BCUT2D eigenvalue weighted by Gasteiger charge is -2.24. The van der Waals surface area contributed by atoms with Crippen LogP contribution in [-0.4, -0.2) is 115 Å². The van der Waals surface area contributed by atoms with E-state index in [2.05, 4.69) is 125 Å². The second-order valence-corrected chi connectivity index (χ2v) is 14.4. The molecule has 3 aromatic rings. The fourth-order valence-electron chi connectivity index (χ4n) is 6.97. The van der Waals surface area contributed by atoms with Crippen molar-refractivity contribution in [2.45, 2.75) is 52.1 Å². The van der Waals surface area contributed by atoms with Gasteiger partial charge in [0, 0.05) is 118 Å². The van der Waals surface area contributed by atoms with Crippen molar-refractivity contribution in [2.24, 2.45) is 0 Å². The summed E-state index contributed by atoms with van der Waals surface area (Å²) >= 11 is 0. The van der Waals surface area contributed by atoms with Gasteiger partial charge in [0.15, 0.2) is 0 Å². The molecular weight excluding hydrogens is 645 g/mol. The molecule has 3 heterocycles. The van der Waals surface area contributed by atoms with Gasteiger partial charge in [0.2, 0.25) is 0 Å². The molecule has 0 atom stereocenters. The molecule has 0 radical (unpaired) electrons. The molecule has 0 aromatic heterocycles. The Balaban J connectivity index is 1.21. The molecular formula is C42H68N10. The van der Waals surface area contributed by atoms with Gasteiger partial charge < -0.3 is 42.5 Å². The molecule has 8 bridgehead atoms. The Morgan fingerprint density at radius 2 is 0.519 bits per heavy atom. The summed E-state index contributed by atoms with van der Waals surface area (Å²) in [5.74, 6) is 0. The number of hydrogen-bond donors (Lipinski definition) is 8. The van der Waals surface area contributed by atoms with E-state index in [0.29, 0.717) is 0 Å². The maximum Gasteiger partial charge on any atom is 0.0206 e. The lowest BCUT2D eigenvalue weighted by molar-refractivity contribution is 0.271. The van der Waals surface area contributed by atoms with Crippen LogP contribution in [0.2, 0.25) is 0 Å². The fraction of sp³-hybridized carbons (Fsp3) is 0.571. The fourth-order valence-corrected chi connectivity index (χ4v) is 6.97. The minimum absolute atomic E-state index is 0.898. The Morgan fingerprint density at radius 1 is 0.288 bits per heavy atom. The Labute approximate surface area is 314 Å². The average Bonchev–Trinajstić information content (AvgIpc) is 3.16. The van der Waals surface area contributed by atoms with Crippen LogP contribution in [0.5, 0.6) is 0 Å². The van der Waals surface area contributed by atoms with E-state index < -0.39 is 0 Å². The van der Waals surface area contributed by atoms with Crippen molar-refractivity contribution < 1.29 is 0 Å². The maximum absolute atomic E-state index is 3.73. The van der Waals surface area contributed by atoms with Crippen molar-refractivity contribution in [1.29, 1.82) is 0 Å². The number of fused-ring (bicyclic) bond motifs is 26. The van der Waals surface area contributed by atoms with Gasteiger partial charge in [-0.2, -0.15) is 0 Å². The van der Waals surface area contributed by atoms with Crippen molar-refractivity contribution in [1.82, 2.24) is 52.3 Å². The molecule has 286 valence electrons. The van der Waals surface area contributed by atoms with Crippen LogP contribution >= 0.6 is 0 Å². The molecule has 8 N–H and O–H groups in total. The van der Waals surface area contributed by atoms with Gasteiger partial charge in [0.25, 0.3) is 0 Å². The summed E-state index contributed by atoms with van der Waals surface area (Å²) < 4.78 is 0. The number of benzene rings is 3. The molecule has 10 nitrogen and oxygen atoms in total. The maximum atomic E-state index is 3.73. The third-order valence-corrected chi connectivity index (χ3v) is 9.99. The first kappa shape index (κ1) is 40.4. The number of nitrogens with one attached hydrogen (secondary N) is 8. The zero-order chi connectivity index (χ0) is 35.7. The van der Waals surface area contributed by atoms with E-state index in [1.165, 1.54) is 33.4 Å². The third-order valence-electron chi connectivity index (χ3n) is 9.99. The van der Waals surface area contributed by atoms with Crippen LogP contribution in [-0.2, 0) is 39.3 Å². The molecule has 0 saturated heterocycles. The van der Waals surface area contributed by atoms with Crippen LogP contribution in [0.25, 0.3) is 0 Å². The molecule has 3 aromatic carbocycles. The molecule has 0 spiro atoms. The molecule has 10 heteroatoms. The van der Waals surface area contributed by atoms with Crippen molar-refractivity contribution in [2.75, 3.05) is 105 Å². The number of hydrogen-bond acceptors (Lipinski definition) is 10. The highest BCUT2D eigenvalue weighted by molar-refractivity contribution is 5.25. The smallest absolute Gasteiger partial charge is 0.0206 e. The van der Waals surface area contributed by atoms with E-state index in [1.54, 1.807) is 0 Å². The Kier molecular flexibility index (Phi) is 19.7. The lowest BCUT2D eigenvalue weighted by Crippen LogP contribution is -2.41. The van der Waals surface area contributed by atoms with Gasteiger partial charge in [-0.3, -0.25) is 9.80 Å². The highest BCUT2D eigenvalue weighted by Crippen LogP contribution is 2.08. The van der Waals surface area contributed by atoms with Gasteiger partial charge in [-0.1, -0.05) is 72.8 Å². The van der Waals surface area contributed by atoms with Crippen molar-refractivity contribution in [3.63, 3.8) is 0 Å². The summed E-state index contributed by atoms with van der Waals surface area (Å²) in [7, 11) is 0. The van der Waals surface area contributed by atoms with Crippen LogP contribution in [0.15, 0.2) is 72.8 Å². The first-order valence-corrected chi connectivity index (χ1v) is 20.1. The number of rotatable bonds is 0. The minimum atomic E-state index is 0.898. The molecule has 0 amide bonds. The van der Waals surface area contributed by atoms with Crippen LogP contribution in [0, 0.1) is 0 Å². The molecule has 0 saturated carbocycles. The lowest BCUT2D eigenvalue weighted by atomic mass is 10.1. The summed E-state index contributed by atoms with van der Waals surface area (Å²) in [4.78, 5) is 5.18. The highest BCUT2D eigenvalue weighted by atomic mass is 15.2. The van der Waals surface area contributed by atoms with Gasteiger partial charge in [0.05, 0.1) is 0 Å². The minimum Gasteiger partial charge on any atom is -0.315 e. The second-order valence-electron chi connectivity index (χ2n) is 14.4. The van der Waals surface area contributed by atoms with Gasteiger partial charge in [-0.25, -0.2) is 0 Å². The van der Waals surface area contributed by atoms with Crippen LogP contribution in [0.3, 0.4) is 0 Å². The zero-order valence-electron chi connectivity index (χ0n) is 31.8. The first-order valence-electron chi connectivity index (χ1n) is 20.1. The molecule has 52 heavy (non-hydrogen) atoms. The molecule has 0 aliphatic carbocycles. The summed E-state index contributed by atoms with van der Waals surface area (Å²) in [6.07, 6.45) is 2.25. The summed E-state index contributed by atoms with van der Waals surface area (Å²) in [5, 5.41) is 29.6. The quantitative estimate of drug-likeness (QED) is 0.177. The Bertz CT molecular complexity index is 1220. The van der Waals surface area contributed by atoms with Crippen molar-refractivity contribution in [3.8, 4) is 0 Å². The predicted molar refractivity (Wildman–Crippen MR) is 217 cm³/mol. The van der Waals surface area contributed by atoms with E-state index in [0.717, 1.165) is 157 Å². The average molecular weight is 713 g/mol. The van der Waals surface area contributed by atoms with E-state index in [4.69, 9.17) is 0 Å². The SMILES string of the molecule is c1cc2cc(c1)CNCCCNCCN1CCNCc3cccc(c3)CNCCN(CCNCCCNC2)CCNCc2cccc(c2)CNCC1. The predicted octanol–water partition coefficient (Wildman–Crippen LogP) is 2.22. The highest BCUT2D eigenvalue weighted by Gasteiger charge is 2.08. The zero-order valence-corrected chi connectivity index (χ0v) is 31.8. The topological polar surface area (TPSA) is 103 Å². The van der Waals surface area contributed by atoms with Crippen LogP contribution in [0.4, 0.5) is 0 Å². The van der Waals surface area contributed by atoms with Gasteiger partial charge in [-0.05, 0) is 72.4 Å². The van der Waals surface area contributed by atoms with Crippen molar-refractivity contribution in [3.05, 3.63) is 106 Å². The number of nitrogens with zero attached hydrogens (tertiary/aromatic N) is 2. The monoisotopic (exact) mass is 713 g/mol. The molecule has 0 unspecified atom stereocenters.